The third-order valence-electron chi connectivity index (χ3n) is 5.67. The summed E-state index contributed by atoms with van der Waals surface area (Å²) in [5.74, 6) is -2.17. The molecule has 0 bridgehead atoms. The van der Waals surface area contributed by atoms with Crippen LogP contribution in [-0.4, -0.2) is 77.4 Å². The summed E-state index contributed by atoms with van der Waals surface area (Å²) < 4.78 is 62.2. The Morgan fingerprint density at radius 2 is 1.98 bits per heavy atom. The number of allylic oxidation sites excluding steroid dienone is 1. The molecule has 3 aromatic rings. The third kappa shape index (κ3) is 8.81. The number of alkyl halides is 3. The Hall–Kier alpha value is -4.89. The first-order valence-electron chi connectivity index (χ1n) is 12.4. The SMILES string of the molecule is COC(=O)N[C@@H](CC/C=C/C(=O)N(C)C)C(=O)Nc1cccn(Cc2nc3c(OCC(F)(F)F)cc(F)cc3[nH]2)c1=O. The fraction of sp³-hybridized carbons (Fsp3) is 0.346. The fourth-order valence-corrected chi connectivity index (χ4v) is 3.65. The van der Waals surface area contributed by atoms with Crippen LogP contribution < -0.4 is 20.9 Å². The van der Waals surface area contributed by atoms with Crippen LogP contribution in [0, 0.1) is 5.82 Å². The molecular weight excluding hydrogens is 568 g/mol. The molecule has 0 aliphatic carbocycles. The maximum absolute atomic E-state index is 14.0. The van der Waals surface area contributed by atoms with Crippen molar-refractivity contribution in [3.8, 4) is 5.75 Å². The molecule has 2 heterocycles. The molecule has 0 radical (unpaired) electrons. The number of fused-ring (bicyclic) bond motifs is 1. The van der Waals surface area contributed by atoms with Gasteiger partial charge in [0.15, 0.2) is 12.4 Å². The average Bonchev–Trinajstić information content (AvgIpc) is 3.32. The number of hydrogen-bond donors (Lipinski definition) is 3. The highest BCUT2D eigenvalue weighted by Gasteiger charge is 2.29. The van der Waals surface area contributed by atoms with Crippen molar-refractivity contribution in [1.29, 1.82) is 0 Å². The molecule has 16 heteroatoms. The van der Waals surface area contributed by atoms with E-state index < -0.39 is 48.0 Å². The van der Waals surface area contributed by atoms with Crippen LogP contribution in [0.5, 0.6) is 5.75 Å². The first-order valence-corrected chi connectivity index (χ1v) is 12.4. The lowest BCUT2D eigenvalue weighted by Gasteiger charge is -2.17. The van der Waals surface area contributed by atoms with Gasteiger partial charge < -0.3 is 34.6 Å². The lowest BCUT2D eigenvalue weighted by atomic mass is 10.1. The van der Waals surface area contributed by atoms with Crippen LogP contribution in [0.3, 0.4) is 0 Å². The Balaban J connectivity index is 1.78. The standard InChI is InChI=1S/C26H28F4N6O6/c1-35(2)21(37)9-5-4-7-16(33-25(40)41-3)23(38)32-17-8-6-10-36(24(17)39)13-20-31-18-11-15(27)12-19(22(18)34-20)42-14-26(28,29)30/h5-6,8-12,16H,4,7,13-14H2,1-3H3,(H,31,34)(H,32,38)(H,33,40)/b9-5+/t16-/m0/s1. The number of halogens is 4. The lowest BCUT2D eigenvalue weighted by molar-refractivity contribution is -0.153. The predicted molar refractivity (Wildman–Crippen MR) is 142 cm³/mol. The molecule has 0 unspecified atom stereocenters. The molecule has 0 fully saturated rings. The number of imidazole rings is 1. The Morgan fingerprint density at radius 3 is 2.64 bits per heavy atom. The number of alkyl carbamates (subject to hydrolysis) is 1. The molecule has 12 nitrogen and oxygen atoms in total. The number of aromatic nitrogens is 3. The highest BCUT2D eigenvalue weighted by molar-refractivity contribution is 5.96. The number of hydrogen-bond acceptors (Lipinski definition) is 7. The van der Waals surface area contributed by atoms with E-state index in [2.05, 4.69) is 25.3 Å². The number of methoxy groups -OCH3 is 1. The zero-order valence-electron chi connectivity index (χ0n) is 22.8. The molecular formula is C26H28F4N6O6. The van der Waals surface area contributed by atoms with Gasteiger partial charge in [0, 0.05) is 26.4 Å². The Morgan fingerprint density at radius 1 is 1.24 bits per heavy atom. The molecule has 0 spiro atoms. The molecule has 3 amide bonds. The minimum atomic E-state index is -4.65. The molecule has 2 aromatic heterocycles. The van der Waals surface area contributed by atoms with Crippen molar-refractivity contribution in [2.24, 2.45) is 0 Å². The van der Waals surface area contributed by atoms with E-state index in [4.69, 9.17) is 4.74 Å². The van der Waals surface area contributed by atoms with Gasteiger partial charge in [0.05, 0.1) is 19.2 Å². The van der Waals surface area contributed by atoms with E-state index >= 15 is 0 Å². The van der Waals surface area contributed by atoms with E-state index in [9.17, 15) is 36.7 Å². The molecule has 0 aliphatic rings. The molecule has 0 saturated carbocycles. The number of carbonyl (C=O) groups is 3. The third-order valence-corrected chi connectivity index (χ3v) is 5.67. The maximum Gasteiger partial charge on any atom is 0.422 e. The van der Waals surface area contributed by atoms with Gasteiger partial charge in [-0.15, -0.1) is 0 Å². The van der Waals surface area contributed by atoms with Crippen molar-refractivity contribution in [2.45, 2.75) is 31.6 Å². The summed E-state index contributed by atoms with van der Waals surface area (Å²) >= 11 is 0. The number of carbonyl (C=O) groups excluding carboxylic acids is 3. The van der Waals surface area contributed by atoms with Gasteiger partial charge in [-0.25, -0.2) is 14.2 Å². The molecule has 42 heavy (non-hydrogen) atoms. The summed E-state index contributed by atoms with van der Waals surface area (Å²) in [6.07, 6.45) is -0.979. The van der Waals surface area contributed by atoms with Gasteiger partial charge in [0.2, 0.25) is 11.8 Å². The molecule has 3 rings (SSSR count). The Labute approximate surface area is 236 Å². The largest absolute Gasteiger partial charge is 0.482 e. The van der Waals surface area contributed by atoms with Gasteiger partial charge in [0.25, 0.3) is 5.56 Å². The maximum atomic E-state index is 14.0. The highest BCUT2D eigenvalue weighted by atomic mass is 19.4. The highest BCUT2D eigenvalue weighted by Crippen LogP contribution is 2.27. The fourth-order valence-electron chi connectivity index (χ4n) is 3.65. The van der Waals surface area contributed by atoms with Crippen molar-refractivity contribution in [3.05, 3.63) is 64.6 Å². The van der Waals surface area contributed by atoms with E-state index in [-0.39, 0.29) is 47.8 Å². The van der Waals surface area contributed by atoms with E-state index in [0.29, 0.717) is 0 Å². The summed E-state index contributed by atoms with van der Waals surface area (Å²) in [4.78, 5) is 57.8. The molecule has 1 aromatic carbocycles. The van der Waals surface area contributed by atoms with Crippen LogP contribution in [0.25, 0.3) is 11.0 Å². The number of anilines is 1. The van der Waals surface area contributed by atoms with Crippen LogP contribution in [0.1, 0.15) is 18.7 Å². The summed E-state index contributed by atoms with van der Waals surface area (Å²) in [6, 6.07) is 3.46. The molecule has 0 saturated heterocycles. The van der Waals surface area contributed by atoms with Gasteiger partial charge in [-0.05, 0) is 37.1 Å². The zero-order chi connectivity index (χ0) is 31.0. The lowest BCUT2D eigenvalue weighted by Crippen LogP contribution is -2.44. The number of likely N-dealkylation sites (N-methyl/N-ethyl adjacent to an activating group) is 1. The second kappa shape index (κ2) is 13.6. The van der Waals surface area contributed by atoms with Crippen molar-refractivity contribution in [2.75, 3.05) is 33.1 Å². The second-order valence-electron chi connectivity index (χ2n) is 9.13. The van der Waals surface area contributed by atoms with Crippen LogP contribution in [0.4, 0.5) is 28.0 Å². The van der Waals surface area contributed by atoms with Gasteiger partial charge in [-0.1, -0.05) is 6.08 Å². The van der Waals surface area contributed by atoms with Crippen LogP contribution in [-0.2, 0) is 20.9 Å². The number of amides is 3. The quantitative estimate of drug-likeness (QED) is 0.228. The minimum absolute atomic E-state index is 0.0535. The summed E-state index contributed by atoms with van der Waals surface area (Å²) in [6.45, 7) is -1.86. The van der Waals surface area contributed by atoms with Crippen LogP contribution in [0.2, 0.25) is 0 Å². The summed E-state index contributed by atoms with van der Waals surface area (Å²) in [7, 11) is 4.27. The van der Waals surface area contributed by atoms with E-state index in [1.165, 1.54) is 35.4 Å². The van der Waals surface area contributed by atoms with Gasteiger partial charge in [-0.2, -0.15) is 13.2 Å². The van der Waals surface area contributed by atoms with Gasteiger partial charge in [0.1, 0.15) is 28.9 Å². The average molecular weight is 597 g/mol. The number of ether oxygens (including phenoxy) is 2. The number of nitrogens with one attached hydrogen (secondary N) is 3. The molecule has 1 atom stereocenters. The smallest absolute Gasteiger partial charge is 0.422 e. The van der Waals surface area contributed by atoms with Crippen molar-refractivity contribution in [3.63, 3.8) is 0 Å². The van der Waals surface area contributed by atoms with E-state index in [1.807, 2.05) is 0 Å². The number of pyridine rings is 1. The van der Waals surface area contributed by atoms with Crippen LogP contribution in [0.15, 0.2) is 47.4 Å². The van der Waals surface area contributed by atoms with Crippen molar-refractivity contribution >= 4 is 34.6 Å². The first-order chi connectivity index (χ1) is 19.8. The summed E-state index contributed by atoms with van der Waals surface area (Å²) in [5, 5.41) is 4.84. The minimum Gasteiger partial charge on any atom is -0.482 e. The number of H-pyrrole nitrogens is 1. The number of benzene rings is 1. The molecule has 3 N–H and O–H groups in total. The number of nitrogens with zero attached hydrogens (tertiary/aromatic N) is 3. The molecule has 0 aliphatic heterocycles. The van der Waals surface area contributed by atoms with Gasteiger partial charge >= 0.3 is 12.3 Å². The topological polar surface area (TPSA) is 148 Å². The Kier molecular flexibility index (Phi) is 10.3. The number of aromatic amines is 1. The normalized spacial score (nSPS) is 12.3. The van der Waals surface area contributed by atoms with E-state index in [1.54, 1.807) is 14.1 Å². The summed E-state index contributed by atoms with van der Waals surface area (Å²) in [5.41, 5.74) is -0.822. The molecule has 226 valence electrons. The zero-order valence-corrected chi connectivity index (χ0v) is 22.8. The van der Waals surface area contributed by atoms with Crippen LogP contribution >= 0.6 is 0 Å². The van der Waals surface area contributed by atoms with Crippen molar-refractivity contribution < 1.29 is 41.4 Å². The predicted octanol–water partition coefficient (Wildman–Crippen LogP) is 2.94. The second-order valence-corrected chi connectivity index (χ2v) is 9.13. The van der Waals surface area contributed by atoms with Crippen molar-refractivity contribution in [1.82, 2.24) is 24.8 Å². The number of rotatable bonds is 11. The Bertz CT molecular complexity index is 1530. The monoisotopic (exact) mass is 596 g/mol. The van der Waals surface area contributed by atoms with E-state index in [0.717, 1.165) is 23.8 Å². The van der Waals surface area contributed by atoms with Gasteiger partial charge in [-0.3, -0.25) is 14.4 Å². The first kappa shape index (κ1) is 31.6.